The number of nitrogens with zero attached hydrogens (tertiary/aromatic N) is 2. The maximum Gasteiger partial charge on any atom is 0.510 e. The van der Waals surface area contributed by atoms with E-state index in [1.807, 2.05) is 6.07 Å². The Kier molecular flexibility index (Phi) is 13.7. The molecule has 4 N–H and O–H groups in total. The van der Waals surface area contributed by atoms with E-state index in [0.29, 0.717) is 11.4 Å². The highest BCUT2D eigenvalue weighted by molar-refractivity contribution is 7.48. The number of phosphoric acid groups is 1. The molecule has 0 saturated carbocycles. The van der Waals surface area contributed by atoms with Crippen molar-refractivity contribution in [3.8, 4) is 6.07 Å². The molecule has 2 heterocycles. The lowest BCUT2D eigenvalue weighted by Crippen LogP contribution is -2.40. The summed E-state index contributed by atoms with van der Waals surface area (Å²) in [5.41, 5.74) is -1.01. The molecule has 2 rings (SSSR count). The van der Waals surface area contributed by atoms with Gasteiger partial charge in [0.15, 0.2) is 6.79 Å². The van der Waals surface area contributed by atoms with Gasteiger partial charge in [0.2, 0.25) is 19.2 Å². The zero-order chi connectivity index (χ0) is 32.2. The Bertz CT molecular complexity index is 1180. The summed E-state index contributed by atoms with van der Waals surface area (Å²) in [6.45, 7) is 4.72. The average molecular weight is 635 g/mol. The van der Waals surface area contributed by atoms with Gasteiger partial charge in [-0.15, -0.1) is 0 Å². The Morgan fingerprint density at radius 3 is 2.19 bits per heavy atom. The van der Waals surface area contributed by atoms with E-state index in [-0.39, 0.29) is 5.69 Å². The number of aromatic amines is 1. The number of rotatable bonds is 16. The Labute approximate surface area is 246 Å². The molecular weight excluding hydrogens is 599 g/mol. The van der Waals surface area contributed by atoms with Gasteiger partial charge in [0.25, 0.3) is 0 Å². The fraction of sp³-hybridized carbons (Fsp3) is 0.625. The maximum absolute atomic E-state index is 13.0. The topological polar surface area (TPSA) is 251 Å². The summed E-state index contributed by atoms with van der Waals surface area (Å²) in [6.07, 6.45) is -6.99. The summed E-state index contributed by atoms with van der Waals surface area (Å²) in [4.78, 5) is 29.8. The van der Waals surface area contributed by atoms with Gasteiger partial charge in [-0.1, -0.05) is 0 Å². The second kappa shape index (κ2) is 16.4. The monoisotopic (exact) mass is 634 g/mol. The predicted octanol–water partition coefficient (Wildman–Crippen LogP) is 2.44. The highest BCUT2D eigenvalue weighted by atomic mass is 31.2. The van der Waals surface area contributed by atoms with Crippen LogP contribution in [-0.4, -0.2) is 97.1 Å². The number of carbonyl (C=O) groups is 2. The van der Waals surface area contributed by atoms with Crippen LogP contribution >= 0.6 is 7.82 Å². The lowest BCUT2D eigenvalue weighted by molar-refractivity contribution is -0.105. The Morgan fingerprint density at radius 1 is 1.12 bits per heavy atom. The number of hydrogen-bond donors (Lipinski definition) is 4. The number of nitrogens with one attached hydrogen (secondary N) is 2. The zero-order valence-corrected chi connectivity index (χ0v) is 25.0. The molecule has 18 nitrogen and oxygen atoms in total. The molecule has 19 heteroatoms. The molecule has 1 unspecified atom stereocenters. The number of phosphoric ester groups is 1. The third-order valence-electron chi connectivity index (χ3n) is 5.37. The molecule has 43 heavy (non-hydrogen) atoms. The third-order valence-corrected chi connectivity index (χ3v) is 6.64. The normalized spacial score (nSPS) is 22.3. The standard InChI is InChI=1S/C24H35N4O14P/c1-14(2)40-22(31)35-12-38-43(33,39-13-36-23(32)41-15(3)4)37-11-34-8-18-20(29)21(30)24(9-25,42-18)19-7-6-17(28-19)16(5)27-10-26/h6-7,10,14-15,18,20-21,26,28-30H,8,11-13H2,1-5H3/t18?,20-,21-,24+/m1/s1. The van der Waals surface area contributed by atoms with Crippen LogP contribution in [0.2, 0.25) is 0 Å². The minimum absolute atomic E-state index is 0.119. The summed E-state index contributed by atoms with van der Waals surface area (Å²) in [5.74, 6) is 0. The molecule has 1 aliphatic heterocycles. The van der Waals surface area contributed by atoms with Crippen molar-refractivity contribution in [3.63, 3.8) is 0 Å². The number of aliphatic imine (C=N–C) groups is 1. The van der Waals surface area contributed by atoms with Crippen molar-refractivity contribution >= 4 is 32.2 Å². The molecule has 4 atom stereocenters. The number of carbonyl (C=O) groups excluding carboxylic acids is 2. The molecule has 0 radical (unpaired) electrons. The highest BCUT2D eigenvalue weighted by Gasteiger charge is 2.56. The maximum atomic E-state index is 13.0. The van der Waals surface area contributed by atoms with E-state index in [2.05, 4.69) is 19.5 Å². The van der Waals surface area contributed by atoms with Gasteiger partial charge in [-0.3, -0.25) is 9.93 Å². The van der Waals surface area contributed by atoms with Gasteiger partial charge in [0, 0.05) is 0 Å². The molecule has 1 aromatic heterocycles. The Balaban J connectivity index is 2.00. The van der Waals surface area contributed by atoms with Gasteiger partial charge in [0.1, 0.15) is 30.7 Å². The number of nitriles is 1. The van der Waals surface area contributed by atoms with Gasteiger partial charge in [-0.25, -0.2) is 28.2 Å². The van der Waals surface area contributed by atoms with Crippen molar-refractivity contribution in [3.05, 3.63) is 23.5 Å². The second-order valence-electron chi connectivity index (χ2n) is 9.25. The summed E-state index contributed by atoms with van der Waals surface area (Å²) in [5, 5.41) is 38.3. The van der Waals surface area contributed by atoms with E-state index in [1.54, 1.807) is 40.7 Å². The predicted molar refractivity (Wildman–Crippen MR) is 143 cm³/mol. The number of aromatic nitrogens is 1. The van der Waals surface area contributed by atoms with Gasteiger partial charge >= 0.3 is 20.1 Å². The van der Waals surface area contributed by atoms with Crippen LogP contribution in [0.3, 0.4) is 0 Å². The first kappa shape index (κ1) is 35.8. The van der Waals surface area contributed by atoms with Crippen LogP contribution in [0, 0.1) is 16.7 Å². The molecule has 0 bridgehead atoms. The second-order valence-corrected chi connectivity index (χ2v) is 10.9. The van der Waals surface area contributed by atoms with E-state index in [4.69, 9.17) is 37.9 Å². The number of H-pyrrole nitrogens is 1. The van der Waals surface area contributed by atoms with Gasteiger partial charge in [0.05, 0.1) is 35.9 Å². The Morgan fingerprint density at radius 2 is 1.67 bits per heavy atom. The number of ether oxygens (including phenoxy) is 6. The lowest BCUT2D eigenvalue weighted by atomic mass is 9.93. The van der Waals surface area contributed by atoms with Crippen LogP contribution in [0.15, 0.2) is 17.1 Å². The van der Waals surface area contributed by atoms with E-state index in [0.717, 1.165) is 6.34 Å². The largest absolute Gasteiger partial charge is 0.510 e. The fourth-order valence-corrected chi connectivity index (χ4v) is 4.22. The summed E-state index contributed by atoms with van der Waals surface area (Å²) >= 11 is 0. The van der Waals surface area contributed by atoms with Crippen molar-refractivity contribution in [1.29, 1.82) is 10.7 Å². The summed E-state index contributed by atoms with van der Waals surface area (Å²) in [7, 11) is -4.61. The number of aliphatic hydroxyl groups excluding tert-OH is 2. The van der Waals surface area contributed by atoms with Crippen LogP contribution in [-0.2, 0) is 52.2 Å². The Hall–Kier alpha value is -3.40. The first-order valence-electron chi connectivity index (χ1n) is 12.7. The summed E-state index contributed by atoms with van der Waals surface area (Å²) < 4.78 is 57.5. The SMILES string of the molecule is CC(=NC=N)c1ccc([C@]2(C#N)OC(COCOP(=O)(OCOC(=O)OC(C)C)OCOC(=O)OC(C)C)[C@@H](O)[C@H]2O)[nH]1. The fourth-order valence-electron chi connectivity index (χ4n) is 3.43. The van der Waals surface area contributed by atoms with Crippen molar-refractivity contribution in [2.45, 2.75) is 70.7 Å². The van der Waals surface area contributed by atoms with Crippen molar-refractivity contribution in [1.82, 2.24) is 4.98 Å². The van der Waals surface area contributed by atoms with Crippen LogP contribution in [0.5, 0.6) is 0 Å². The van der Waals surface area contributed by atoms with E-state index in [1.165, 1.54) is 6.07 Å². The van der Waals surface area contributed by atoms with Crippen molar-refractivity contribution < 1.29 is 66.4 Å². The average Bonchev–Trinajstić information content (AvgIpc) is 3.51. The first-order valence-corrected chi connectivity index (χ1v) is 14.2. The van der Waals surface area contributed by atoms with Gasteiger partial charge < -0.3 is 43.6 Å². The van der Waals surface area contributed by atoms with Crippen LogP contribution < -0.4 is 0 Å². The number of hydrogen-bond acceptors (Lipinski definition) is 16. The van der Waals surface area contributed by atoms with Crippen LogP contribution in [0.4, 0.5) is 9.59 Å². The smallest absolute Gasteiger partial charge is 0.432 e. The van der Waals surface area contributed by atoms with E-state index in [9.17, 15) is 29.6 Å². The minimum Gasteiger partial charge on any atom is -0.432 e. The minimum atomic E-state index is -4.61. The molecule has 1 aromatic rings. The van der Waals surface area contributed by atoms with Crippen molar-refractivity contribution in [2.75, 3.05) is 27.0 Å². The molecule has 1 saturated heterocycles. The van der Waals surface area contributed by atoms with E-state index >= 15 is 0 Å². The quantitative estimate of drug-likeness (QED) is 0.0509. The summed E-state index contributed by atoms with van der Waals surface area (Å²) in [6, 6.07) is 4.90. The molecule has 1 fully saturated rings. The molecular formula is C24H35N4O14P. The lowest BCUT2D eigenvalue weighted by Gasteiger charge is -2.23. The van der Waals surface area contributed by atoms with Crippen LogP contribution in [0.25, 0.3) is 0 Å². The van der Waals surface area contributed by atoms with Crippen LogP contribution in [0.1, 0.15) is 46.0 Å². The van der Waals surface area contributed by atoms with Gasteiger partial charge in [-0.05, 0) is 46.8 Å². The van der Waals surface area contributed by atoms with Gasteiger partial charge in [-0.2, -0.15) is 5.26 Å². The molecule has 0 aromatic carbocycles. The first-order chi connectivity index (χ1) is 20.3. The highest BCUT2D eigenvalue weighted by Crippen LogP contribution is 2.49. The molecule has 0 amide bonds. The molecule has 240 valence electrons. The van der Waals surface area contributed by atoms with E-state index < -0.39 is 83.2 Å². The molecule has 0 aliphatic carbocycles. The third kappa shape index (κ3) is 10.4. The number of aliphatic hydroxyl groups is 2. The molecule has 1 aliphatic rings. The molecule has 0 spiro atoms. The van der Waals surface area contributed by atoms with Crippen molar-refractivity contribution in [2.24, 2.45) is 4.99 Å². The zero-order valence-electron chi connectivity index (χ0n) is 24.1.